The largest absolute Gasteiger partial charge is 0.389 e. The number of aliphatic hydroxyl groups is 1. The molecule has 0 aliphatic rings. The molecule has 0 saturated carbocycles. The van der Waals surface area contributed by atoms with Crippen LogP contribution in [0, 0.1) is 5.92 Å². The highest BCUT2D eigenvalue weighted by molar-refractivity contribution is 6.30. The van der Waals surface area contributed by atoms with Crippen LogP contribution in [0.15, 0.2) is 24.3 Å². The van der Waals surface area contributed by atoms with Gasteiger partial charge in [0, 0.05) is 11.4 Å². The molecule has 15 heavy (non-hydrogen) atoms. The first-order valence-corrected chi connectivity index (χ1v) is 5.82. The first-order valence-electron chi connectivity index (χ1n) is 5.45. The highest BCUT2D eigenvalue weighted by atomic mass is 35.5. The molecule has 0 aliphatic heterocycles. The summed E-state index contributed by atoms with van der Waals surface area (Å²) in [5.74, 6) is 0.262. The summed E-state index contributed by atoms with van der Waals surface area (Å²) in [5.41, 5.74) is 0.533. The first-order chi connectivity index (χ1) is 6.98. The average molecular weight is 227 g/mol. The van der Waals surface area contributed by atoms with Crippen molar-refractivity contribution in [2.45, 2.75) is 39.2 Å². The van der Waals surface area contributed by atoms with E-state index in [1.807, 2.05) is 31.2 Å². The van der Waals surface area contributed by atoms with Crippen LogP contribution in [0.4, 0.5) is 0 Å². The summed E-state index contributed by atoms with van der Waals surface area (Å²) in [6.07, 6.45) is 1.46. The van der Waals surface area contributed by atoms with Gasteiger partial charge in [-0.3, -0.25) is 0 Å². The van der Waals surface area contributed by atoms with Crippen LogP contribution in [0.1, 0.15) is 32.8 Å². The van der Waals surface area contributed by atoms with Gasteiger partial charge in [0.15, 0.2) is 0 Å². The lowest BCUT2D eigenvalue weighted by Crippen LogP contribution is -2.36. The third kappa shape index (κ3) is 3.22. The zero-order valence-electron chi connectivity index (χ0n) is 9.63. The number of benzene rings is 1. The molecule has 2 heteroatoms. The Morgan fingerprint density at radius 2 is 1.80 bits per heavy atom. The second-order valence-corrected chi connectivity index (χ2v) is 4.85. The average Bonchev–Trinajstić information content (AvgIpc) is 2.21. The van der Waals surface area contributed by atoms with Crippen LogP contribution < -0.4 is 0 Å². The molecular formula is C13H19ClO. The molecule has 0 aliphatic carbocycles. The lowest BCUT2D eigenvalue weighted by atomic mass is 9.82. The summed E-state index contributed by atoms with van der Waals surface area (Å²) < 4.78 is 0. The molecule has 1 aromatic carbocycles. The Hall–Kier alpha value is -0.530. The van der Waals surface area contributed by atoms with Crippen LogP contribution >= 0.6 is 11.6 Å². The van der Waals surface area contributed by atoms with Crippen LogP contribution in [0.5, 0.6) is 0 Å². The molecule has 0 heterocycles. The SMILES string of the molecule is CCC(O)(Cc1ccc(Cl)cc1)C(C)C. The number of hydrogen-bond acceptors (Lipinski definition) is 1. The molecule has 1 atom stereocenters. The Kier molecular flexibility index (Phi) is 4.18. The van der Waals surface area contributed by atoms with Gasteiger partial charge in [0.05, 0.1) is 5.60 Å². The number of halogens is 1. The third-order valence-electron chi connectivity index (χ3n) is 3.11. The molecule has 0 aromatic heterocycles. The quantitative estimate of drug-likeness (QED) is 0.831. The Morgan fingerprint density at radius 1 is 1.27 bits per heavy atom. The van der Waals surface area contributed by atoms with E-state index in [1.165, 1.54) is 0 Å². The van der Waals surface area contributed by atoms with E-state index in [-0.39, 0.29) is 5.92 Å². The van der Waals surface area contributed by atoms with Crippen molar-refractivity contribution in [3.63, 3.8) is 0 Å². The normalized spacial score (nSPS) is 15.3. The maximum atomic E-state index is 10.4. The molecule has 0 radical (unpaired) electrons. The third-order valence-corrected chi connectivity index (χ3v) is 3.36. The van der Waals surface area contributed by atoms with Gasteiger partial charge >= 0.3 is 0 Å². The van der Waals surface area contributed by atoms with E-state index in [1.54, 1.807) is 0 Å². The standard InChI is InChI=1S/C13H19ClO/c1-4-13(15,10(2)3)9-11-5-7-12(14)8-6-11/h5-8,10,15H,4,9H2,1-3H3. The predicted octanol–water partition coefficient (Wildman–Crippen LogP) is 3.68. The summed E-state index contributed by atoms with van der Waals surface area (Å²) in [7, 11) is 0. The van der Waals surface area contributed by atoms with Gasteiger partial charge in [-0.15, -0.1) is 0 Å². The lowest BCUT2D eigenvalue weighted by molar-refractivity contribution is -0.00828. The van der Waals surface area contributed by atoms with E-state index in [2.05, 4.69) is 13.8 Å². The van der Waals surface area contributed by atoms with E-state index >= 15 is 0 Å². The Labute approximate surface area is 97.1 Å². The van der Waals surface area contributed by atoms with Crippen molar-refractivity contribution in [1.29, 1.82) is 0 Å². The van der Waals surface area contributed by atoms with Gasteiger partial charge in [0.1, 0.15) is 0 Å². The predicted molar refractivity (Wildman–Crippen MR) is 65.2 cm³/mol. The van der Waals surface area contributed by atoms with E-state index in [0.29, 0.717) is 6.42 Å². The molecule has 1 nitrogen and oxygen atoms in total. The van der Waals surface area contributed by atoms with E-state index in [0.717, 1.165) is 17.0 Å². The number of rotatable bonds is 4. The van der Waals surface area contributed by atoms with Crippen LogP contribution in [-0.2, 0) is 6.42 Å². The molecule has 0 saturated heterocycles. The summed E-state index contributed by atoms with van der Waals surface area (Å²) >= 11 is 5.82. The Morgan fingerprint density at radius 3 is 2.20 bits per heavy atom. The fraction of sp³-hybridized carbons (Fsp3) is 0.538. The van der Waals surface area contributed by atoms with Crippen molar-refractivity contribution in [1.82, 2.24) is 0 Å². The fourth-order valence-electron chi connectivity index (χ4n) is 1.69. The topological polar surface area (TPSA) is 20.2 Å². The zero-order valence-corrected chi connectivity index (χ0v) is 10.4. The smallest absolute Gasteiger partial charge is 0.0708 e. The van der Waals surface area contributed by atoms with Crippen molar-refractivity contribution in [2.75, 3.05) is 0 Å². The van der Waals surface area contributed by atoms with Gasteiger partial charge in [0.2, 0.25) is 0 Å². The second kappa shape index (κ2) is 5.00. The minimum absolute atomic E-state index is 0.262. The minimum atomic E-state index is -0.603. The monoisotopic (exact) mass is 226 g/mol. The lowest BCUT2D eigenvalue weighted by Gasteiger charge is -2.31. The molecule has 0 spiro atoms. The molecule has 0 fully saturated rings. The van der Waals surface area contributed by atoms with Crippen LogP contribution in [0.2, 0.25) is 5.02 Å². The molecule has 0 bridgehead atoms. The highest BCUT2D eigenvalue weighted by Gasteiger charge is 2.28. The molecule has 0 amide bonds. The Balaban J connectivity index is 2.79. The molecule has 1 unspecified atom stereocenters. The number of hydrogen-bond donors (Lipinski definition) is 1. The Bertz CT molecular complexity index is 305. The van der Waals surface area contributed by atoms with Gasteiger partial charge in [-0.1, -0.05) is 44.5 Å². The van der Waals surface area contributed by atoms with Gasteiger partial charge in [-0.2, -0.15) is 0 Å². The summed E-state index contributed by atoms with van der Waals surface area (Å²) in [5, 5.41) is 11.1. The second-order valence-electron chi connectivity index (χ2n) is 4.42. The minimum Gasteiger partial charge on any atom is -0.389 e. The van der Waals surface area contributed by atoms with Gasteiger partial charge in [-0.25, -0.2) is 0 Å². The van der Waals surface area contributed by atoms with Crippen molar-refractivity contribution < 1.29 is 5.11 Å². The molecule has 1 rings (SSSR count). The fourth-order valence-corrected chi connectivity index (χ4v) is 1.82. The highest BCUT2D eigenvalue weighted by Crippen LogP contribution is 2.26. The summed E-state index contributed by atoms with van der Waals surface area (Å²) in [6, 6.07) is 7.69. The maximum Gasteiger partial charge on any atom is 0.0708 e. The first kappa shape index (κ1) is 12.5. The van der Waals surface area contributed by atoms with Crippen LogP contribution in [-0.4, -0.2) is 10.7 Å². The van der Waals surface area contributed by atoms with Crippen LogP contribution in [0.25, 0.3) is 0 Å². The van der Waals surface area contributed by atoms with Crippen molar-refractivity contribution >= 4 is 11.6 Å². The van der Waals surface area contributed by atoms with Crippen LogP contribution in [0.3, 0.4) is 0 Å². The molecule has 1 aromatic rings. The van der Waals surface area contributed by atoms with Gasteiger partial charge in [0.25, 0.3) is 0 Å². The molecular weight excluding hydrogens is 208 g/mol. The van der Waals surface area contributed by atoms with E-state index < -0.39 is 5.60 Å². The van der Waals surface area contributed by atoms with Gasteiger partial charge < -0.3 is 5.11 Å². The summed E-state index contributed by atoms with van der Waals surface area (Å²) in [4.78, 5) is 0. The summed E-state index contributed by atoms with van der Waals surface area (Å²) in [6.45, 7) is 6.13. The molecule has 84 valence electrons. The zero-order chi connectivity index (χ0) is 11.5. The van der Waals surface area contributed by atoms with Crippen molar-refractivity contribution in [2.24, 2.45) is 5.92 Å². The van der Waals surface area contributed by atoms with E-state index in [9.17, 15) is 5.11 Å². The van der Waals surface area contributed by atoms with Gasteiger partial charge in [-0.05, 0) is 30.0 Å². The van der Waals surface area contributed by atoms with E-state index in [4.69, 9.17) is 11.6 Å². The molecule has 1 N–H and O–H groups in total. The van der Waals surface area contributed by atoms with Crippen molar-refractivity contribution in [3.8, 4) is 0 Å². The van der Waals surface area contributed by atoms with Crippen molar-refractivity contribution in [3.05, 3.63) is 34.9 Å². The maximum absolute atomic E-state index is 10.4.